The number of alkyl halides is 3. The van der Waals surface area contributed by atoms with Crippen molar-refractivity contribution in [3.63, 3.8) is 0 Å². The molecule has 5 heteroatoms. The van der Waals surface area contributed by atoms with Crippen LogP contribution in [0.1, 0.15) is 11.1 Å². The molecular formula is C10H7F3N2. The van der Waals surface area contributed by atoms with Crippen LogP contribution in [-0.4, -0.2) is 6.34 Å². The molecule has 0 aromatic heterocycles. The Morgan fingerprint density at radius 3 is 2.67 bits per heavy atom. The van der Waals surface area contributed by atoms with Gasteiger partial charge >= 0.3 is 6.18 Å². The van der Waals surface area contributed by atoms with Gasteiger partial charge in [0.1, 0.15) is 0 Å². The number of nitrogens with one attached hydrogen (secondary N) is 1. The fraction of sp³-hybridized carbons (Fsp3) is 0.100. The molecule has 1 heterocycles. The lowest BCUT2D eigenvalue weighted by Crippen LogP contribution is -2.13. The molecule has 0 bridgehead atoms. The highest BCUT2D eigenvalue weighted by Gasteiger charge is 2.31. The van der Waals surface area contributed by atoms with Crippen LogP contribution in [0.2, 0.25) is 0 Å². The summed E-state index contributed by atoms with van der Waals surface area (Å²) >= 11 is 0. The van der Waals surface area contributed by atoms with Gasteiger partial charge in [-0.1, -0.05) is 12.6 Å². The van der Waals surface area contributed by atoms with Crippen molar-refractivity contribution in [2.75, 3.05) is 0 Å². The molecule has 15 heavy (non-hydrogen) atoms. The fourth-order valence-corrected chi connectivity index (χ4v) is 1.33. The Morgan fingerprint density at radius 2 is 2.00 bits per heavy atom. The predicted molar refractivity (Wildman–Crippen MR) is 51.8 cm³/mol. The van der Waals surface area contributed by atoms with Gasteiger partial charge < -0.3 is 5.32 Å². The molecule has 0 spiro atoms. The molecule has 0 aliphatic carbocycles. The quantitative estimate of drug-likeness (QED) is 0.702. The predicted octanol–water partition coefficient (Wildman–Crippen LogP) is 2.94. The van der Waals surface area contributed by atoms with Gasteiger partial charge in [-0.3, -0.25) is 0 Å². The first-order chi connectivity index (χ1) is 6.98. The summed E-state index contributed by atoms with van der Waals surface area (Å²) in [7, 11) is 0. The average Bonchev–Trinajstić information content (AvgIpc) is 2.16. The third kappa shape index (κ3) is 1.72. The van der Waals surface area contributed by atoms with Crippen molar-refractivity contribution in [2.24, 2.45) is 4.99 Å². The zero-order valence-corrected chi connectivity index (χ0v) is 7.60. The molecule has 0 unspecified atom stereocenters. The highest BCUT2D eigenvalue weighted by molar-refractivity contribution is 5.86. The number of aliphatic imine (C=N–C) groups is 1. The summed E-state index contributed by atoms with van der Waals surface area (Å²) in [5, 5.41) is 2.73. The molecule has 1 aliphatic heterocycles. The van der Waals surface area contributed by atoms with E-state index < -0.39 is 11.7 Å². The van der Waals surface area contributed by atoms with E-state index in [4.69, 9.17) is 0 Å². The lowest BCUT2D eigenvalue weighted by molar-refractivity contribution is -0.137. The van der Waals surface area contributed by atoms with E-state index >= 15 is 0 Å². The van der Waals surface area contributed by atoms with E-state index in [2.05, 4.69) is 16.9 Å². The minimum atomic E-state index is -4.34. The summed E-state index contributed by atoms with van der Waals surface area (Å²) < 4.78 is 37.1. The Hall–Kier alpha value is -1.78. The van der Waals surface area contributed by atoms with Crippen LogP contribution >= 0.6 is 0 Å². The van der Waals surface area contributed by atoms with Crippen molar-refractivity contribution in [1.82, 2.24) is 5.32 Å². The van der Waals surface area contributed by atoms with E-state index in [1.807, 2.05) is 0 Å². The van der Waals surface area contributed by atoms with Gasteiger partial charge in [-0.2, -0.15) is 13.2 Å². The van der Waals surface area contributed by atoms with Crippen molar-refractivity contribution < 1.29 is 13.2 Å². The number of hydrogen-bond donors (Lipinski definition) is 1. The Bertz CT molecular complexity index is 446. The Balaban J connectivity index is 2.53. The Morgan fingerprint density at radius 1 is 1.27 bits per heavy atom. The van der Waals surface area contributed by atoms with Crippen molar-refractivity contribution >= 4 is 17.7 Å². The van der Waals surface area contributed by atoms with E-state index in [-0.39, 0.29) is 5.69 Å². The second kappa shape index (κ2) is 3.12. The van der Waals surface area contributed by atoms with Gasteiger partial charge in [0.25, 0.3) is 0 Å². The summed E-state index contributed by atoms with van der Waals surface area (Å²) in [6, 6.07) is 3.40. The monoisotopic (exact) mass is 212 g/mol. The number of benzene rings is 1. The molecule has 0 fully saturated rings. The normalized spacial score (nSPS) is 14.7. The molecule has 1 aromatic rings. The van der Waals surface area contributed by atoms with Gasteiger partial charge in [0.2, 0.25) is 0 Å². The number of halogens is 3. The number of nitrogens with zero attached hydrogens (tertiary/aromatic N) is 1. The van der Waals surface area contributed by atoms with Crippen molar-refractivity contribution in [1.29, 1.82) is 0 Å². The van der Waals surface area contributed by atoms with Crippen LogP contribution in [0.25, 0.3) is 5.70 Å². The Kier molecular flexibility index (Phi) is 2.03. The van der Waals surface area contributed by atoms with Gasteiger partial charge in [-0.25, -0.2) is 4.99 Å². The van der Waals surface area contributed by atoms with E-state index in [1.54, 1.807) is 0 Å². The van der Waals surface area contributed by atoms with Crippen molar-refractivity contribution in [3.05, 3.63) is 35.9 Å². The van der Waals surface area contributed by atoms with Gasteiger partial charge in [0.15, 0.2) is 0 Å². The van der Waals surface area contributed by atoms with Crippen LogP contribution in [0.15, 0.2) is 29.8 Å². The SMILES string of the molecule is C=C1NC=Nc2cc(C(F)(F)F)ccc21. The summed E-state index contributed by atoms with van der Waals surface area (Å²) in [5.74, 6) is 0. The highest BCUT2D eigenvalue weighted by Crippen LogP contribution is 2.35. The second-order valence-corrected chi connectivity index (χ2v) is 3.11. The smallest absolute Gasteiger partial charge is 0.346 e. The third-order valence-electron chi connectivity index (χ3n) is 2.09. The van der Waals surface area contributed by atoms with Crippen LogP contribution in [0.4, 0.5) is 18.9 Å². The highest BCUT2D eigenvalue weighted by atomic mass is 19.4. The first-order valence-electron chi connectivity index (χ1n) is 4.18. The molecule has 0 saturated heterocycles. The van der Waals surface area contributed by atoms with E-state index in [0.29, 0.717) is 11.3 Å². The fourth-order valence-electron chi connectivity index (χ4n) is 1.33. The third-order valence-corrected chi connectivity index (χ3v) is 2.09. The average molecular weight is 212 g/mol. The molecule has 0 amide bonds. The van der Waals surface area contributed by atoms with Crippen LogP contribution < -0.4 is 5.32 Å². The van der Waals surface area contributed by atoms with Crippen LogP contribution in [0, 0.1) is 0 Å². The number of fused-ring (bicyclic) bond motifs is 1. The van der Waals surface area contributed by atoms with Crippen molar-refractivity contribution in [3.8, 4) is 0 Å². The van der Waals surface area contributed by atoms with Gasteiger partial charge in [0.05, 0.1) is 17.6 Å². The molecule has 1 N–H and O–H groups in total. The van der Waals surface area contributed by atoms with Gasteiger partial charge in [-0.15, -0.1) is 0 Å². The molecule has 0 saturated carbocycles. The maximum atomic E-state index is 12.4. The molecule has 78 valence electrons. The number of hydrogen-bond acceptors (Lipinski definition) is 2. The molecule has 2 nitrogen and oxygen atoms in total. The topological polar surface area (TPSA) is 24.4 Å². The zero-order valence-electron chi connectivity index (χ0n) is 7.60. The van der Waals surface area contributed by atoms with Crippen LogP contribution in [-0.2, 0) is 6.18 Å². The lowest BCUT2D eigenvalue weighted by atomic mass is 10.1. The second-order valence-electron chi connectivity index (χ2n) is 3.11. The molecule has 1 aliphatic rings. The first-order valence-corrected chi connectivity index (χ1v) is 4.18. The Labute approximate surface area is 84.1 Å². The maximum absolute atomic E-state index is 12.4. The molecule has 1 aromatic carbocycles. The van der Waals surface area contributed by atoms with Crippen LogP contribution in [0.3, 0.4) is 0 Å². The summed E-state index contributed by atoms with van der Waals surface area (Å²) in [4.78, 5) is 3.82. The molecule has 0 radical (unpaired) electrons. The summed E-state index contributed by atoms with van der Waals surface area (Å²) in [6.45, 7) is 3.66. The summed E-state index contributed by atoms with van der Waals surface area (Å²) in [5.41, 5.74) is 0.723. The molecule has 2 rings (SSSR count). The maximum Gasteiger partial charge on any atom is 0.416 e. The standard InChI is InChI=1S/C10H7F3N2/c1-6-8-3-2-7(10(11,12)13)4-9(8)15-5-14-6/h2-5H,1H2,(H,14,15). The first kappa shape index (κ1) is 9.76. The van der Waals surface area contributed by atoms with Gasteiger partial charge in [0, 0.05) is 11.3 Å². The van der Waals surface area contributed by atoms with E-state index in [9.17, 15) is 13.2 Å². The molecular weight excluding hydrogens is 205 g/mol. The van der Waals surface area contributed by atoms with E-state index in [1.165, 1.54) is 12.4 Å². The van der Waals surface area contributed by atoms with Gasteiger partial charge in [-0.05, 0) is 12.1 Å². The van der Waals surface area contributed by atoms with Crippen molar-refractivity contribution in [2.45, 2.75) is 6.18 Å². The number of rotatable bonds is 0. The van der Waals surface area contributed by atoms with Crippen LogP contribution in [0.5, 0.6) is 0 Å². The lowest BCUT2D eigenvalue weighted by Gasteiger charge is -2.15. The largest absolute Gasteiger partial charge is 0.416 e. The zero-order chi connectivity index (χ0) is 11.1. The van der Waals surface area contributed by atoms with E-state index in [0.717, 1.165) is 12.1 Å². The molecule has 0 atom stereocenters. The minimum Gasteiger partial charge on any atom is -0.346 e. The summed E-state index contributed by atoms with van der Waals surface area (Å²) in [6.07, 6.45) is -3.01. The minimum absolute atomic E-state index is 0.286.